The van der Waals surface area contributed by atoms with Crippen LogP contribution in [0.4, 0.5) is 0 Å². The van der Waals surface area contributed by atoms with E-state index in [1.165, 1.54) is 0 Å². The predicted octanol–water partition coefficient (Wildman–Crippen LogP) is 0.439. The maximum Gasteiger partial charge on any atom is 0.311 e. The Hall–Kier alpha value is -1.10. The highest BCUT2D eigenvalue weighted by Gasteiger charge is 2.42. The van der Waals surface area contributed by atoms with Crippen molar-refractivity contribution in [2.24, 2.45) is 11.1 Å². The summed E-state index contributed by atoms with van der Waals surface area (Å²) in [5.74, 6) is -0.940. The van der Waals surface area contributed by atoms with Gasteiger partial charge in [0.2, 0.25) is 5.91 Å². The fraction of sp³-hybridized carbons (Fsp3) is 0.818. The molecule has 1 aliphatic heterocycles. The smallest absolute Gasteiger partial charge is 0.311 e. The second-order valence-corrected chi connectivity index (χ2v) is 4.46. The first-order valence-corrected chi connectivity index (χ1v) is 5.77. The lowest BCUT2D eigenvalue weighted by molar-refractivity contribution is -0.155. The molecule has 1 unspecified atom stereocenters. The highest BCUT2D eigenvalue weighted by atomic mass is 16.4. The minimum Gasteiger partial charge on any atom is -0.481 e. The number of likely N-dealkylation sites (tertiary alicyclic amines) is 1. The van der Waals surface area contributed by atoms with Crippen LogP contribution in [0.2, 0.25) is 0 Å². The van der Waals surface area contributed by atoms with Crippen LogP contribution >= 0.6 is 0 Å². The molecule has 1 heterocycles. The Morgan fingerprint density at radius 1 is 1.50 bits per heavy atom. The summed E-state index contributed by atoms with van der Waals surface area (Å²) in [6, 6.07) is 0. The van der Waals surface area contributed by atoms with E-state index in [0.29, 0.717) is 25.9 Å². The summed E-state index contributed by atoms with van der Waals surface area (Å²) in [4.78, 5) is 24.4. The molecule has 3 N–H and O–H groups in total. The largest absolute Gasteiger partial charge is 0.481 e. The number of amides is 1. The summed E-state index contributed by atoms with van der Waals surface area (Å²) in [6.45, 7) is 2.87. The molecule has 0 bridgehead atoms. The number of hydrogen-bond donors (Lipinski definition) is 2. The van der Waals surface area contributed by atoms with Crippen LogP contribution in [-0.2, 0) is 9.59 Å². The van der Waals surface area contributed by atoms with E-state index in [4.69, 9.17) is 5.73 Å². The molecule has 0 aromatic carbocycles. The van der Waals surface area contributed by atoms with Crippen LogP contribution in [0.25, 0.3) is 0 Å². The second-order valence-electron chi connectivity index (χ2n) is 4.46. The van der Waals surface area contributed by atoms with E-state index in [1.54, 1.807) is 4.90 Å². The van der Waals surface area contributed by atoms with Gasteiger partial charge in [-0.25, -0.2) is 0 Å². The van der Waals surface area contributed by atoms with Crippen LogP contribution in [0.5, 0.6) is 0 Å². The summed E-state index contributed by atoms with van der Waals surface area (Å²) in [5, 5.41) is 9.32. The van der Waals surface area contributed by atoms with Crippen molar-refractivity contribution in [3.8, 4) is 0 Å². The van der Waals surface area contributed by atoms with Crippen LogP contribution in [0.3, 0.4) is 0 Å². The van der Waals surface area contributed by atoms with Gasteiger partial charge in [0, 0.05) is 13.1 Å². The molecule has 1 amide bonds. The van der Waals surface area contributed by atoms with Gasteiger partial charge in [-0.3, -0.25) is 9.59 Å². The molecule has 16 heavy (non-hydrogen) atoms. The summed E-state index contributed by atoms with van der Waals surface area (Å²) >= 11 is 0. The van der Waals surface area contributed by atoms with E-state index >= 15 is 0 Å². The van der Waals surface area contributed by atoms with E-state index in [0.717, 1.165) is 12.8 Å². The lowest BCUT2D eigenvalue weighted by Crippen LogP contribution is -2.51. The molecule has 0 radical (unpaired) electrons. The van der Waals surface area contributed by atoms with Gasteiger partial charge in [0.05, 0.1) is 12.0 Å². The molecule has 0 aromatic heterocycles. The molecular weight excluding hydrogens is 208 g/mol. The maximum absolute atomic E-state index is 11.5. The number of carbonyl (C=O) groups excluding carboxylic acids is 1. The van der Waals surface area contributed by atoms with Gasteiger partial charge in [0.1, 0.15) is 0 Å². The first kappa shape index (κ1) is 13.0. The van der Waals surface area contributed by atoms with Gasteiger partial charge in [0.25, 0.3) is 0 Å². The molecule has 1 aliphatic rings. The van der Waals surface area contributed by atoms with Crippen molar-refractivity contribution < 1.29 is 14.7 Å². The summed E-state index contributed by atoms with van der Waals surface area (Å²) in [5.41, 5.74) is 4.55. The van der Waals surface area contributed by atoms with Crippen molar-refractivity contribution in [1.29, 1.82) is 0 Å². The van der Waals surface area contributed by atoms with Crippen molar-refractivity contribution in [2.75, 3.05) is 19.6 Å². The number of nitrogens with two attached hydrogens (primary N) is 1. The Balaban J connectivity index is 2.79. The van der Waals surface area contributed by atoms with Crippen LogP contribution < -0.4 is 5.73 Å². The van der Waals surface area contributed by atoms with Crippen molar-refractivity contribution >= 4 is 11.9 Å². The molecule has 0 spiro atoms. The standard InChI is InChI=1S/C11H20N2O3/c1-2-4-11(10(15)16)5-3-6-13(8-11)9(14)7-12/h2-8,12H2,1H3,(H,15,16). The minimum absolute atomic E-state index is 0.0399. The number of hydrogen-bond acceptors (Lipinski definition) is 3. The quantitative estimate of drug-likeness (QED) is 0.731. The molecule has 92 valence electrons. The first-order chi connectivity index (χ1) is 7.55. The zero-order valence-electron chi connectivity index (χ0n) is 9.74. The third-order valence-electron chi connectivity index (χ3n) is 3.29. The number of carboxylic acids is 1. The zero-order chi connectivity index (χ0) is 12.2. The number of nitrogens with zero attached hydrogens (tertiary/aromatic N) is 1. The molecule has 1 saturated heterocycles. The van der Waals surface area contributed by atoms with E-state index in [2.05, 4.69) is 0 Å². The van der Waals surface area contributed by atoms with Crippen LogP contribution in [-0.4, -0.2) is 41.5 Å². The van der Waals surface area contributed by atoms with Crippen molar-refractivity contribution in [3.05, 3.63) is 0 Å². The minimum atomic E-state index is -0.788. The predicted molar refractivity (Wildman–Crippen MR) is 59.8 cm³/mol. The van der Waals surface area contributed by atoms with Gasteiger partial charge in [-0.1, -0.05) is 13.3 Å². The highest BCUT2D eigenvalue weighted by molar-refractivity contribution is 5.80. The number of piperidine rings is 1. The number of aliphatic carboxylic acids is 1. The molecule has 5 nitrogen and oxygen atoms in total. The van der Waals surface area contributed by atoms with Gasteiger partial charge in [-0.05, 0) is 19.3 Å². The van der Waals surface area contributed by atoms with E-state index < -0.39 is 11.4 Å². The second kappa shape index (κ2) is 5.30. The third kappa shape index (κ3) is 2.52. The van der Waals surface area contributed by atoms with Gasteiger partial charge in [-0.15, -0.1) is 0 Å². The molecule has 1 atom stereocenters. The van der Waals surface area contributed by atoms with Gasteiger partial charge in [0.15, 0.2) is 0 Å². The summed E-state index contributed by atoms with van der Waals surface area (Å²) in [7, 11) is 0. The lowest BCUT2D eigenvalue weighted by atomic mass is 9.76. The Morgan fingerprint density at radius 2 is 2.19 bits per heavy atom. The average molecular weight is 228 g/mol. The molecule has 1 fully saturated rings. The fourth-order valence-corrected chi connectivity index (χ4v) is 2.44. The summed E-state index contributed by atoms with van der Waals surface area (Å²) in [6.07, 6.45) is 2.84. The SMILES string of the molecule is CCCC1(C(=O)O)CCCN(C(=O)CN)C1. The Labute approximate surface area is 95.6 Å². The number of rotatable bonds is 4. The fourth-order valence-electron chi connectivity index (χ4n) is 2.44. The van der Waals surface area contributed by atoms with Gasteiger partial charge >= 0.3 is 5.97 Å². The maximum atomic E-state index is 11.5. The third-order valence-corrected chi connectivity index (χ3v) is 3.29. The van der Waals surface area contributed by atoms with Crippen LogP contribution in [0, 0.1) is 5.41 Å². The molecule has 0 saturated carbocycles. The average Bonchev–Trinajstić information content (AvgIpc) is 2.28. The normalized spacial score (nSPS) is 25.5. The van der Waals surface area contributed by atoms with Crippen molar-refractivity contribution in [1.82, 2.24) is 4.90 Å². The monoisotopic (exact) mass is 228 g/mol. The molecule has 0 aromatic rings. The zero-order valence-corrected chi connectivity index (χ0v) is 9.74. The molecular formula is C11H20N2O3. The van der Waals surface area contributed by atoms with Crippen molar-refractivity contribution in [3.63, 3.8) is 0 Å². The molecule has 0 aliphatic carbocycles. The first-order valence-electron chi connectivity index (χ1n) is 5.77. The van der Waals surface area contributed by atoms with Crippen LogP contribution in [0.1, 0.15) is 32.6 Å². The van der Waals surface area contributed by atoms with Crippen molar-refractivity contribution in [2.45, 2.75) is 32.6 Å². The number of carboxylic acid groups (broad SMARTS) is 1. The highest BCUT2D eigenvalue weighted by Crippen LogP contribution is 2.34. The van der Waals surface area contributed by atoms with E-state index in [9.17, 15) is 14.7 Å². The Morgan fingerprint density at radius 3 is 2.69 bits per heavy atom. The lowest BCUT2D eigenvalue weighted by Gasteiger charge is -2.39. The molecule has 5 heteroatoms. The van der Waals surface area contributed by atoms with E-state index in [1.807, 2.05) is 6.92 Å². The topological polar surface area (TPSA) is 83.6 Å². The number of carbonyl (C=O) groups is 2. The van der Waals surface area contributed by atoms with E-state index in [-0.39, 0.29) is 12.5 Å². The van der Waals surface area contributed by atoms with Gasteiger partial charge < -0.3 is 15.7 Å². The van der Waals surface area contributed by atoms with Crippen LogP contribution in [0.15, 0.2) is 0 Å². The molecule has 1 rings (SSSR count). The van der Waals surface area contributed by atoms with Gasteiger partial charge in [-0.2, -0.15) is 0 Å². The Kier molecular flexibility index (Phi) is 4.29. The Bertz CT molecular complexity index is 276. The summed E-state index contributed by atoms with van der Waals surface area (Å²) < 4.78 is 0.